The summed E-state index contributed by atoms with van der Waals surface area (Å²) in [5.74, 6) is -0.426. The number of carboxylic acids is 1. The fourth-order valence-corrected chi connectivity index (χ4v) is 2.18. The van der Waals surface area contributed by atoms with Crippen molar-refractivity contribution in [2.75, 3.05) is 7.11 Å². The molecule has 1 aromatic carbocycles. The Bertz CT molecular complexity index is 625. The van der Waals surface area contributed by atoms with Crippen LogP contribution in [0.3, 0.4) is 0 Å². The summed E-state index contributed by atoms with van der Waals surface area (Å²) in [6.45, 7) is 2.36. The number of halogens is 1. The first-order valence-electron chi connectivity index (χ1n) is 5.59. The Hall–Kier alpha value is -1.89. The smallest absolute Gasteiger partial charge is 0.358 e. The van der Waals surface area contributed by atoms with Crippen LogP contribution in [0.2, 0.25) is 0 Å². The molecular weight excluding hydrogens is 314 g/mol. The van der Waals surface area contributed by atoms with Crippen molar-refractivity contribution >= 4 is 21.9 Å². The van der Waals surface area contributed by atoms with Crippen molar-refractivity contribution < 1.29 is 14.6 Å². The maximum absolute atomic E-state index is 11.2. The van der Waals surface area contributed by atoms with E-state index in [9.17, 15) is 4.79 Å². The number of carboxylic acid groups (broad SMARTS) is 1. The molecule has 0 fully saturated rings. The van der Waals surface area contributed by atoms with Gasteiger partial charge in [-0.3, -0.25) is 0 Å². The van der Waals surface area contributed by atoms with Crippen LogP contribution in [0.4, 0.5) is 0 Å². The van der Waals surface area contributed by atoms with E-state index in [0.717, 1.165) is 4.47 Å². The molecule has 100 valence electrons. The number of rotatable bonds is 4. The Kier molecular flexibility index (Phi) is 3.84. The first-order valence-corrected chi connectivity index (χ1v) is 6.38. The minimum absolute atomic E-state index is 0.0566. The molecule has 0 radical (unpaired) electrons. The molecule has 0 aliphatic carbocycles. The van der Waals surface area contributed by atoms with Crippen molar-refractivity contribution in [1.29, 1.82) is 0 Å². The fraction of sp³-hybridized carbons (Fsp3) is 0.250. The molecule has 1 aromatic heterocycles. The van der Waals surface area contributed by atoms with Crippen LogP contribution in [0.1, 0.15) is 17.4 Å². The van der Waals surface area contributed by atoms with Gasteiger partial charge in [0, 0.05) is 5.56 Å². The van der Waals surface area contributed by atoms with Gasteiger partial charge in [0.1, 0.15) is 11.4 Å². The van der Waals surface area contributed by atoms with Gasteiger partial charge >= 0.3 is 5.97 Å². The summed E-state index contributed by atoms with van der Waals surface area (Å²) in [5, 5.41) is 17.3. The van der Waals surface area contributed by atoms with Gasteiger partial charge in [-0.25, -0.2) is 4.79 Å². The highest BCUT2D eigenvalue weighted by atomic mass is 79.9. The van der Waals surface area contributed by atoms with Crippen LogP contribution in [0.15, 0.2) is 22.7 Å². The molecule has 0 saturated heterocycles. The average Bonchev–Trinajstić information content (AvgIpc) is 2.83. The SMILES string of the molecule is CCn1nc(C(=O)O)c(-c2ccc(OC)c(Br)c2)n1. The maximum Gasteiger partial charge on any atom is 0.358 e. The van der Waals surface area contributed by atoms with E-state index < -0.39 is 5.97 Å². The molecule has 0 saturated carbocycles. The van der Waals surface area contributed by atoms with Gasteiger partial charge in [-0.1, -0.05) is 0 Å². The predicted octanol–water partition coefficient (Wildman–Crippen LogP) is 2.43. The molecule has 0 bridgehead atoms. The number of ether oxygens (including phenoxy) is 1. The average molecular weight is 326 g/mol. The number of nitrogens with zero attached hydrogens (tertiary/aromatic N) is 3. The van der Waals surface area contributed by atoms with Gasteiger partial charge in [-0.05, 0) is 41.1 Å². The molecule has 0 atom stereocenters. The van der Waals surface area contributed by atoms with E-state index in [0.29, 0.717) is 23.6 Å². The number of aryl methyl sites for hydroxylation is 1. The molecule has 1 heterocycles. The zero-order valence-electron chi connectivity index (χ0n) is 10.4. The van der Waals surface area contributed by atoms with Crippen LogP contribution in [0.25, 0.3) is 11.3 Å². The lowest BCUT2D eigenvalue weighted by Crippen LogP contribution is -2.02. The van der Waals surface area contributed by atoms with E-state index in [1.807, 2.05) is 6.92 Å². The van der Waals surface area contributed by atoms with Crippen LogP contribution in [-0.2, 0) is 6.54 Å². The number of aromatic nitrogens is 3. The zero-order chi connectivity index (χ0) is 14.0. The topological polar surface area (TPSA) is 77.2 Å². The Balaban J connectivity index is 2.54. The van der Waals surface area contributed by atoms with E-state index in [2.05, 4.69) is 26.1 Å². The lowest BCUT2D eigenvalue weighted by molar-refractivity contribution is 0.0690. The summed E-state index contributed by atoms with van der Waals surface area (Å²) in [4.78, 5) is 12.5. The molecule has 2 rings (SSSR count). The molecule has 0 spiro atoms. The number of carbonyl (C=O) groups is 1. The molecule has 6 nitrogen and oxygen atoms in total. The van der Waals surface area contributed by atoms with Crippen LogP contribution in [0.5, 0.6) is 5.75 Å². The highest BCUT2D eigenvalue weighted by Crippen LogP contribution is 2.30. The standard InChI is InChI=1S/C12H12BrN3O3/c1-3-16-14-10(11(15-16)12(17)18)7-4-5-9(19-2)8(13)6-7/h4-6H,3H2,1-2H3,(H,17,18). The zero-order valence-corrected chi connectivity index (χ0v) is 12.0. The Morgan fingerprint density at radius 1 is 1.47 bits per heavy atom. The molecular formula is C12H12BrN3O3. The monoisotopic (exact) mass is 325 g/mol. The van der Waals surface area contributed by atoms with E-state index in [1.165, 1.54) is 4.80 Å². The highest BCUT2D eigenvalue weighted by molar-refractivity contribution is 9.10. The number of methoxy groups -OCH3 is 1. The first kappa shape index (κ1) is 13.5. The molecule has 19 heavy (non-hydrogen) atoms. The summed E-state index contributed by atoms with van der Waals surface area (Å²) < 4.78 is 5.87. The summed E-state index contributed by atoms with van der Waals surface area (Å²) in [5.41, 5.74) is 0.960. The number of hydrogen-bond donors (Lipinski definition) is 1. The number of aromatic carboxylic acids is 1. The summed E-state index contributed by atoms with van der Waals surface area (Å²) in [7, 11) is 1.57. The Labute approximate surface area is 118 Å². The van der Waals surface area contributed by atoms with Gasteiger partial charge in [-0.2, -0.15) is 9.90 Å². The Morgan fingerprint density at radius 2 is 2.21 bits per heavy atom. The second-order valence-electron chi connectivity index (χ2n) is 3.74. The molecule has 7 heteroatoms. The van der Waals surface area contributed by atoms with Crippen molar-refractivity contribution in [3.8, 4) is 17.0 Å². The third-order valence-electron chi connectivity index (χ3n) is 2.57. The molecule has 0 aliphatic rings. The third-order valence-corrected chi connectivity index (χ3v) is 3.19. The third kappa shape index (κ3) is 2.60. The minimum atomic E-state index is -1.10. The fourth-order valence-electron chi connectivity index (χ4n) is 1.64. The van der Waals surface area contributed by atoms with Crippen LogP contribution < -0.4 is 4.74 Å². The minimum Gasteiger partial charge on any atom is -0.496 e. The molecule has 2 aromatic rings. The van der Waals surface area contributed by atoms with Crippen LogP contribution >= 0.6 is 15.9 Å². The highest BCUT2D eigenvalue weighted by Gasteiger charge is 2.19. The molecule has 0 unspecified atom stereocenters. The predicted molar refractivity (Wildman–Crippen MR) is 72.3 cm³/mol. The van der Waals surface area contributed by atoms with Crippen molar-refractivity contribution in [2.45, 2.75) is 13.5 Å². The van der Waals surface area contributed by atoms with Gasteiger partial charge in [0.25, 0.3) is 0 Å². The van der Waals surface area contributed by atoms with E-state index >= 15 is 0 Å². The summed E-state index contributed by atoms with van der Waals surface area (Å²) >= 11 is 3.36. The first-order chi connectivity index (χ1) is 9.06. The van der Waals surface area contributed by atoms with E-state index in [-0.39, 0.29) is 5.69 Å². The number of benzene rings is 1. The quantitative estimate of drug-likeness (QED) is 0.934. The van der Waals surface area contributed by atoms with E-state index in [4.69, 9.17) is 9.84 Å². The molecule has 1 N–H and O–H groups in total. The molecule has 0 amide bonds. The van der Waals surface area contributed by atoms with Gasteiger partial charge < -0.3 is 9.84 Å². The van der Waals surface area contributed by atoms with Crippen LogP contribution in [0, 0.1) is 0 Å². The second kappa shape index (κ2) is 5.40. The Morgan fingerprint density at radius 3 is 2.74 bits per heavy atom. The lowest BCUT2D eigenvalue weighted by atomic mass is 10.1. The summed E-state index contributed by atoms with van der Waals surface area (Å²) in [6.07, 6.45) is 0. The molecule has 0 aliphatic heterocycles. The van der Waals surface area contributed by atoms with E-state index in [1.54, 1.807) is 25.3 Å². The van der Waals surface area contributed by atoms with Crippen molar-refractivity contribution in [3.63, 3.8) is 0 Å². The van der Waals surface area contributed by atoms with Crippen molar-refractivity contribution in [2.24, 2.45) is 0 Å². The van der Waals surface area contributed by atoms with Crippen molar-refractivity contribution in [3.05, 3.63) is 28.4 Å². The van der Waals surface area contributed by atoms with Gasteiger partial charge in [0.15, 0.2) is 5.69 Å². The summed E-state index contributed by atoms with van der Waals surface area (Å²) in [6, 6.07) is 5.26. The van der Waals surface area contributed by atoms with Crippen LogP contribution in [-0.4, -0.2) is 33.2 Å². The normalized spacial score (nSPS) is 10.5. The van der Waals surface area contributed by atoms with Gasteiger partial charge in [0.2, 0.25) is 0 Å². The van der Waals surface area contributed by atoms with Gasteiger partial charge in [-0.15, -0.1) is 5.10 Å². The maximum atomic E-state index is 11.2. The lowest BCUT2D eigenvalue weighted by Gasteiger charge is -2.04. The second-order valence-corrected chi connectivity index (χ2v) is 4.59. The largest absolute Gasteiger partial charge is 0.496 e. The van der Waals surface area contributed by atoms with Crippen molar-refractivity contribution in [1.82, 2.24) is 15.0 Å². The van der Waals surface area contributed by atoms with Gasteiger partial charge in [0.05, 0.1) is 18.1 Å². The number of hydrogen-bond acceptors (Lipinski definition) is 4.